The Labute approximate surface area is 109 Å². The third-order valence-corrected chi connectivity index (χ3v) is 3.11. The number of fused-ring (bicyclic) bond motifs is 1. The van der Waals surface area contributed by atoms with Gasteiger partial charge in [-0.15, -0.1) is 0 Å². The second kappa shape index (κ2) is 4.37. The van der Waals surface area contributed by atoms with E-state index in [1.165, 1.54) is 4.57 Å². The minimum absolute atomic E-state index is 0.274. The van der Waals surface area contributed by atoms with E-state index >= 15 is 0 Å². The Morgan fingerprint density at radius 2 is 1.95 bits per heavy atom. The first kappa shape index (κ1) is 11.7. The second-order valence-electron chi connectivity index (χ2n) is 4.51. The molecule has 3 aromatic rings. The van der Waals surface area contributed by atoms with Gasteiger partial charge in [0.25, 0.3) is 0 Å². The van der Waals surface area contributed by atoms with Crippen molar-refractivity contribution in [2.24, 2.45) is 5.73 Å². The molecule has 0 aliphatic rings. The van der Waals surface area contributed by atoms with Crippen molar-refractivity contribution in [1.82, 2.24) is 14.8 Å². The molecule has 96 valence electrons. The van der Waals surface area contributed by atoms with Crippen molar-refractivity contribution in [1.29, 1.82) is 0 Å². The van der Waals surface area contributed by atoms with E-state index in [2.05, 4.69) is 10.2 Å². The monoisotopic (exact) mass is 254 g/mol. The number of nitrogens with zero attached hydrogens (tertiary/aromatic N) is 2. The molecule has 19 heavy (non-hydrogen) atoms. The average molecular weight is 254 g/mol. The van der Waals surface area contributed by atoms with Gasteiger partial charge in [-0.1, -0.05) is 36.4 Å². The van der Waals surface area contributed by atoms with Crippen LogP contribution in [0, 0.1) is 0 Å². The fraction of sp³-hybridized carbons (Fsp3) is 0.143. The van der Waals surface area contributed by atoms with Crippen molar-refractivity contribution in [3.63, 3.8) is 0 Å². The van der Waals surface area contributed by atoms with E-state index in [0.717, 1.165) is 16.5 Å². The maximum Gasteiger partial charge on any atom is 0.348 e. The van der Waals surface area contributed by atoms with E-state index in [1.807, 2.05) is 42.5 Å². The zero-order chi connectivity index (χ0) is 13.4. The van der Waals surface area contributed by atoms with Crippen LogP contribution >= 0.6 is 0 Å². The quantitative estimate of drug-likeness (QED) is 0.731. The van der Waals surface area contributed by atoms with Crippen LogP contribution in [0.2, 0.25) is 0 Å². The second-order valence-corrected chi connectivity index (χ2v) is 4.51. The van der Waals surface area contributed by atoms with Crippen LogP contribution in [0.5, 0.6) is 0 Å². The predicted molar refractivity (Wildman–Crippen MR) is 74.3 cm³/mol. The van der Waals surface area contributed by atoms with Gasteiger partial charge in [0.1, 0.15) is 0 Å². The van der Waals surface area contributed by atoms with Gasteiger partial charge in [0.15, 0.2) is 5.82 Å². The number of hydrogen-bond acceptors (Lipinski definition) is 3. The summed E-state index contributed by atoms with van der Waals surface area (Å²) in [7, 11) is 0. The van der Waals surface area contributed by atoms with Gasteiger partial charge >= 0.3 is 5.69 Å². The zero-order valence-electron chi connectivity index (χ0n) is 10.5. The summed E-state index contributed by atoms with van der Waals surface area (Å²) in [5.74, 6) is 0.529. The highest BCUT2D eigenvalue weighted by Gasteiger charge is 2.15. The van der Waals surface area contributed by atoms with Crippen molar-refractivity contribution in [2.75, 3.05) is 0 Å². The van der Waals surface area contributed by atoms with Gasteiger partial charge in [-0.2, -0.15) is 5.10 Å². The average Bonchev–Trinajstić information content (AvgIpc) is 2.80. The Morgan fingerprint density at radius 1 is 1.21 bits per heavy atom. The molecule has 3 rings (SSSR count). The van der Waals surface area contributed by atoms with Gasteiger partial charge in [0.2, 0.25) is 0 Å². The van der Waals surface area contributed by atoms with Crippen LogP contribution in [0.15, 0.2) is 47.3 Å². The number of rotatable bonds is 2. The molecule has 5 heteroatoms. The van der Waals surface area contributed by atoms with E-state index in [-0.39, 0.29) is 11.7 Å². The van der Waals surface area contributed by atoms with Crippen LogP contribution in [0.4, 0.5) is 0 Å². The van der Waals surface area contributed by atoms with Crippen molar-refractivity contribution >= 4 is 10.8 Å². The number of H-pyrrole nitrogens is 1. The summed E-state index contributed by atoms with van der Waals surface area (Å²) in [5, 5.41) is 8.53. The summed E-state index contributed by atoms with van der Waals surface area (Å²) >= 11 is 0. The zero-order valence-corrected chi connectivity index (χ0v) is 10.5. The molecular weight excluding hydrogens is 240 g/mol. The Morgan fingerprint density at radius 3 is 2.74 bits per heavy atom. The first-order valence-electron chi connectivity index (χ1n) is 6.09. The summed E-state index contributed by atoms with van der Waals surface area (Å²) in [6.45, 7) is 1.80. The Hall–Kier alpha value is -2.40. The van der Waals surface area contributed by atoms with Crippen molar-refractivity contribution < 1.29 is 0 Å². The maximum atomic E-state index is 12.0. The van der Waals surface area contributed by atoms with Gasteiger partial charge in [-0.25, -0.2) is 14.5 Å². The van der Waals surface area contributed by atoms with Crippen LogP contribution in [0.25, 0.3) is 16.5 Å². The smallest absolute Gasteiger partial charge is 0.322 e. The standard InChI is InChI=1S/C14H14N4O/c1-9(15)13-16-17-14(19)18(13)12-8-4-6-10-5-2-3-7-11(10)12/h2-9H,15H2,1H3,(H,17,19). The van der Waals surface area contributed by atoms with Crippen LogP contribution in [-0.2, 0) is 0 Å². The van der Waals surface area contributed by atoms with Gasteiger partial charge in [-0.05, 0) is 18.4 Å². The third kappa shape index (κ3) is 1.84. The summed E-state index contributed by atoms with van der Waals surface area (Å²) in [5.41, 5.74) is 6.39. The Bertz CT molecular complexity index is 780. The Kier molecular flexibility index (Phi) is 2.68. The number of nitrogens with two attached hydrogens (primary N) is 1. The number of hydrogen-bond donors (Lipinski definition) is 2. The molecule has 0 saturated heterocycles. The van der Waals surface area contributed by atoms with Gasteiger partial charge in [0.05, 0.1) is 11.7 Å². The molecule has 0 saturated carbocycles. The van der Waals surface area contributed by atoms with Crippen molar-refractivity contribution in [3.8, 4) is 5.69 Å². The van der Waals surface area contributed by atoms with Gasteiger partial charge in [-0.3, -0.25) is 0 Å². The van der Waals surface area contributed by atoms with E-state index in [0.29, 0.717) is 5.82 Å². The van der Waals surface area contributed by atoms with E-state index in [4.69, 9.17) is 5.73 Å². The van der Waals surface area contributed by atoms with Crippen LogP contribution in [0.3, 0.4) is 0 Å². The molecule has 0 aliphatic carbocycles. The number of nitrogens with one attached hydrogen (secondary N) is 1. The molecule has 0 spiro atoms. The number of aromatic amines is 1. The summed E-state index contributed by atoms with van der Waals surface area (Å²) in [4.78, 5) is 12.0. The molecule has 2 aromatic carbocycles. The minimum Gasteiger partial charge on any atom is -0.322 e. The molecule has 0 radical (unpaired) electrons. The van der Waals surface area contributed by atoms with Crippen LogP contribution in [0.1, 0.15) is 18.8 Å². The summed E-state index contributed by atoms with van der Waals surface area (Å²) < 4.78 is 1.53. The fourth-order valence-electron chi connectivity index (χ4n) is 2.25. The van der Waals surface area contributed by atoms with Crippen LogP contribution < -0.4 is 11.4 Å². The summed E-state index contributed by atoms with van der Waals surface area (Å²) in [6.07, 6.45) is 0. The predicted octanol–water partition coefficient (Wildman–Crippen LogP) is 1.73. The lowest BCUT2D eigenvalue weighted by molar-refractivity contribution is 0.713. The lowest BCUT2D eigenvalue weighted by Crippen LogP contribution is -2.20. The maximum absolute atomic E-state index is 12.0. The molecule has 1 heterocycles. The largest absolute Gasteiger partial charge is 0.348 e. The third-order valence-electron chi connectivity index (χ3n) is 3.11. The number of aromatic nitrogens is 3. The fourth-order valence-corrected chi connectivity index (χ4v) is 2.25. The highest BCUT2D eigenvalue weighted by molar-refractivity contribution is 5.90. The van der Waals surface area contributed by atoms with E-state index in [9.17, 15) is 4.79 Å². The molecule has 1 aromatic heterocycles. The minimum atomic E-state index is -0.321. The molecule has 0 aliphatic heterocycles. The first-order valence-corrected chi connectivity index (χ1v) is 6.09. The van der Waals surface area contributed by atoms with E-state index < -0.39 is 0 Å². The van der Waals surface area contributed by atoms with E-state index in [1.54, 1.807) is 6.92 Å². The first-order chi connectivity index (χ1) is 9.18. The lowest BCUT2D eigenvalue weighted by atomic mass is 10.1. The molecular formula is C14H14N4O. The van der Waals surface area contributed by atoms with Gasteiger partial charge in [0, 0.05) is 5.39 Å². The number of benzene rings is 2. The molecule has 1 atom stereocenters. The van der Waals surface area contributed by atoms with Gasteiger partial charge < -0.3 is 5.73 Å². The molecule has 5 nitrogen and oxygen atoms in total. The topological polar surface area (TPSA) is 76.7 Å². The molecule has 0 amide bonds. The highest BCUT2D eigenvalue weighted by Crippen LogP contribution is 2.22. The molecule has 0 fully saturated rings. The molecule has 3 N–H and O–H groups in total. The highest BCUT2D eigenvalue weighted by atomic mass is 16.1. The van der Waals surface area contributed by atoms with Crippen molar-refractivity contribution in [3.05, 3.63) is 58.8 Å². The Balaban J connectivity index is 2.37. The summed E-state index contributed by atoms with van der Waals surface area (Å²) in [6, 6.07) is 13.4. The lowest BCUT2D eigenvalue weighted by Gasteiger charge is -2.10. The molecule has 0 bridgehead atoms. The molecule has 1 unspecified atom stereocenters. The SMILES string of the molecule is CC(N)c1n[nH]c(=O)n1-c1cccc2ccccc12. The normalized spacial score (nSPS) is 12.7. The van der Waals surface area contributed by atoms with Crippen molar-refractivity contribution in [2.45, 2.75) is 13.0 Å². The van der Waals surface area contributed by atoms with Crippen LogP contribution in [-0.4, -0.2) is 14.8 Å².